The summed E-state index contributed by atoms with van der Waals surface area (Å²) < 4.78 is 15.0. The van der Waals surface area contributed by atoms with Gasteiger partial charge in [-0.2, -0.15) is 0 Å². The molecule has 0 amide bonds. The molecule has 0 fully saturated rings. The molecule has 4 rings (SSSR count). The van der Waals surface area contributed by atoms with Crippen LogP contribution in [-0.4, -0.2) is 0 Å². The van der Waals surface area contributed by atoms with Crippen molar-refractivity contribution < 1.29 is 4.39 Å². The second-order valence-electron chi connectivity index (χ2n) is 9.10. The van der Waals surface area contributed by atoms with Crippen molar-refractivity contribution in [2.45, 2.75) is 58.8 Å². The molecule has 1 heteroatoms. The number of halogens is 1. The molecule has 0 heterocycles. The fraction of sp³-hybridized carbons (Fsp3) is 0.273. The summed E-state index contributed by atoms with van der Waals surface area (Å²) in [5.41, 5.74) is 6.69. The first kappa shape index (κ1) is 23.8. The summed E-state index contributed by atoms with van der Waals surface area (Å²) in [5.74, 6) is 5.94. The van der Waals surface area contributed by atoms with Gasteiger partial charge in [-0.05, 0) is 77.9 Å². The summed E-state index contributed by atoms with van der Waals surface area (Å²) in [5, 5.41) is 1.59. The van der Waals surface area contributed by atoms with E-state index in [9.17, 15) is 0 Å². The normalized spacial score (nSPS) is 10.8. The molecular formula is C33H33F. The molecule has 34 heavy (non-hydrogen) atoms. The Kier molecular flexibility index (Phi) is 8.16. The summed E-state index contributed by atoms with van der Waals surface area (Å²) in [6.07, 6.45) is 7.71. The molecule has 0 atom stereocenters. The Morgan fingerprint density at radius 3 is 1.85 bits per heavy atom. The van der Waals surface area contributed by atoms with Gasteiger partial charge >= 0.3 is 0 Å². The van der Waals surface area contributed by atoms with E-state index in [0.29, 0.717) is 10.9 Å². The van der Waals surface area contributed by atoms with E-state index in [1.165, 1.54) is 28.7 Å². The fourth-order valence-electron chi connectivity index (χ4n) is 4.32. The Hall–Kier alpha value is -3.37. The lowest BCUT2D eigenvalue weighted by molar-refractivity contribution is 0.636. The first-order valence-electron chi connectivity index (χ1n) is 12.6. The van der Waals surface area contributed by atoms with Gasteiger partial charge in [0.25, 0.3) is 0 Å². The maximum Gasteiger partial charge on any atom is 0.146 e. The molecule has 0 radical (unpaired) electrons. The highest BCUT2D eigenvalue weighted by Crippen LogP contribution is 2.23. The van der Waals surface area contributed by atoms with Crippen LogP contribution in [0.1, 0.15) is 66.5 Å². The third-order valence-electron chi connectivity index (χ3n) is 6.40. The van der Waals surface area contributed by atoms with Crippen molar-refractivity contribution in [3.05, 3.63) is 118 Å². The third kappa shape index (κ3) is 6.15. The summed E-state index contributed by atoms with van der Waals surface area (Å²) in [6.45, 7) is 4.40. The van der Waals surface area contributed by atoms with Crippen LogP contribution in [-0.2, 0) is 25.7 Å². The molecule has 0 saturated carbocycles. The molecule has 0 aliphatic rings. The van der Waals surface area contributed by atoms with Gasteiger partial charge in [-0.25, -0.2) is 4.39 Å². The van der Waals surface area contributed by atoms with Gasteiger partial charge in [-0.1, -0.05) is 99.2 Å². The lowest BCUT2D eigenvalue weighted by Crippen LogP contribution is -1.92. The van der Waals surface area contributed by atoms with Crippen LogP contribution in [0.4, 0.5) is 4.39 Å². The minimum Gasteiger partial charge on any atom is -0.205 e. The monoisotopic (exact) mass is 448 g/mol. The largest absolute Gasteiger partial charge is 0.205 e. The number of aryl methyl sites for hydroxylation is 4. The van der Waals surface area contributed by atoms with Gasteiger partial charge in [-0.15, -0.1) is 0 Å². The van der Waals surface area contributed by atoms with E-state index in [1.807, 2.05) is 30.3 Å². The molecule has 4 aromatic rings. The second kappa shape index (κ2) is 11.7. The number of unbranched alkanes of at least 4 members (excludes halogenated alkanes) is 1. The predicted octanol–water partition coefficient (Wildman–Crippen LogP) is 8.46. The fourth-order valence-corrected chi connectivity index (χ4v) is 4.32. The SMILES string of the molecule is CCCCc1ccc2c(F)c(C#Cc3ccc(CCc4ccc(CCC)cc4)cc3)ccc2c1. The van der Waals surface area contributed by atoms with Crippen molar-refractivity contribution in [1.82, 2.24) is 0 Å². The van der Waals surface area contributed by atoms with Crippen LogP contribution >= 0.6 is 0 Å². The molecule has 0 bridgehead atoms. The van der Waals surface area contributed by atoms with Crippen molar-refractivity contribution in [3.63, 3.8) is 0 Å². The summed E-state index contributed by atoms with van der Waals surface area (Å²) in [7, 11) is 0. The molecule has 172 valence electrons. The topological polar surface area (TPSA) is 0 Å². The zero-order valence-electron chi connectivity index (χ0n) is 20.3. The van der Waals surface area contributed by atoms with Crippen LogP contribution in [0.2, 0.25) is 0 Å². The van der Waals surface area contributed by atoms with E-state index in [4.69, 9.17) is 0 Å². The van der Waals surface area contributed by atoms with Crippen molar-refractivity contribution >= 4 is 10.8 Å². The van der Waals surface area contributed by atoms with Crippen LogP contribution in [0.5, 0.6) is 0 Å². The van der Waals surface area contributed by atoms with Crippen LogP contribution < -0.4 is 0 Å². The molecule has 0 unspecified atom stereocenters. The highest BCUT2D eigenvalue weighted by atomic mass is 19.1. The van der Waals surface area contributed by atoms with Gasteiger partial charge < -0.3 is 0 Å². The smallest absolute Gasteiger partial charge is 0.146 e. The third-order valence-corrected chi connectivity index (χ3v) is 6.40. The number of benzene rings is 4. The van der Waals surface area contributed by atoms with Gasteiger partial charge in [0, 0.05) is 10.9 Å². The molecular weight excluding hydrogens is 415 g/mol. The Bertz CT molecular complexity index is 1280. The Labute approximate surface area is 203 Å². The lowest BCUT2D eigenvalue weighted by atomic mass is 10.0. The van der Waals surface area contributed by atoms with Gasteiger partial charge in [0.2, 0.25) is 0 Å². The number of hydrogen-bond donors (Lipinski definition) is 0. The Morgan fingerprint density at radius 1 is 0.588 bits per heavy atom. The summed E-state index contributed by atoms with van der Waals surface area (Å²) in [6, 6.07) is 27.1. The summed E-state index contributed by atoms with van der Waals surface area (Å²) in [4.78, 5) is 0. The first-order chi connectivity index (χ1) is 16.7. The van der Waals surface area contributed by atoms with Crippen molar-refractivity contribution in [2.24, 2.45) is 0 Å². The van der Waals surface area contributed by atoms with E-state index < -0.39 is 0 Å². The van der Waals surface area contributed by atoms with Gasteiger partial charge in [0.15, 0.2) is 0 Å². The van der Waals surface area contributed by atoms with Crippen molar-refractivity contribution in [3.8, 4) is 11.8 Å². The number of rotatable bonds is 8. The predicted molar refractivity (Wildman–Crippen MR) is 143 cm³/mol. The minimum absolute atomic E-state index is 0.228. The maximum atomic E-state index is 15.0. The number of hydrogen-bond acceptors (Lipinski definition) is 0. The van der Waals surface area contributed by atoms with Crippen molar-refractivity contribution in [2.75, 3.05) is 0 Å². The zero-order valence-corrected chi connectivity index (χ0v) is 20.3. The molecule has 0 aliphatic heterocycles. The highest BCUT2D eigenvalue weighted by molar-refractivity contribution is 5.85. The average Bonchev–Trinajstić information content (AvgIpc) is 2.87. The molecule has 0 aliphatic carbocycles. The molecule has 0 saturated heterocycles. The van der Waals surface area contributed by atoms with E-state index in [-0.39, 0.29) is 5.82 Å². The standard InChI is InChI=1S/C33H33F/c1-3-5-7-29-19-23-32-31(24-29)22-21-30(33(32)34)20-18-28-16-14-27(15-17-28)13-12-26-10-8-25(6-4-2)9-11-26/h8-11,14-17,19,21-24H,3-7,12-13H2,1-2H3. The minimum atomic E-state index is -0.228. The highest BCUT2D eigenvalue weighted by Gasteiger charge is 2.06. The van der Waals surface area contributed by atoms with Crippen LogP contribution in [0.15, 0.2) is 78.9 Å². The zero-order chi connectivity index (χ0) is 23.8. The van der Waals surface area contributed by atoms with E-state index in [1.54, 1.807) is 6.07 Å². The molecule has 0 spiro atoms. The van der Waals surface area contributed by atoms with Crippen LogP contribution in [0.25, 0.3) is 10.8 Å². The van der Waals surface area contributed by atoms with Crippen LogP contribution in [0, 0.1) is 17.7 Å². The Morgan fingerprint density at radius 2 is 1.21 bits per heavy atom. The van der Waals surface area contributed by atoms with Crippen LogP contribution in [0.3, 0.4) is 0 Å². The van der Waals surface area contributed by atoms with E-state index in [2.05, 4.69) is 68.2 Å². The van der Waals surface area contributed by atoms with Gasteiger partial charge in [0.05, 0.1) is 5.56 Å². The Balaban J connectivity index is 1.41. The molecule has 0 nitrogen and oxygen atoms in total. The quantitative estimate of drug-likeness (QED) is 0.237. The first-order valence-corrected chi connectivity index (χ1v) is 12.6. The lowest BCUT2D eigenvalue weighted by Gasteiger charge is -2.05. The maximum absolute atomic E-state index is 15.0. The van der Waals surface area contributed by atoms with Crippen molar-refractivity contribution in [1.29, 1.82) is 0 Å². The molecule has 0 N–H and O–H groups in total. The molecule has 4 aromatic carbocycles. The number of fused-ring (bicyclic) bond motifs is 1. The van der Waals surface area contributed by atoms with E-state index in [0.717, 1.165) is 49.5 Å². The second-order valence-corrected chi connectivity index (χ2v) is 9.10. The molecule has 0 aromatic heterocycles. The van der Waals surface area contributed by atoms with Gasteiger partial charge in [-0.3, -0.25) is 0 Å². The average molecular weight is 449 g/mol. The summed E-state index contributed by atoms with van der Waals surface area (Å²) >= 11 is 0. The van der Waals surface area contributed by atoms with E-state index >= 15 is 4.39 Å². The van der Waals surface area contributed by atoms with Gasteiger partial charge in [0.1, 0.15) is 5.82 Å².